The molecule has 138 valence electrons. The highest BCUT2D eigenvalue weighted by Crippen LogP contribution is 2.67. The van der Waals surface area contributed by atoms with Gasteiger partial charge in [0.15, 0.2) is 0 Å². The first-order valence-corrected chi connectivity index (χ1v) is 10.3. The fraction of sp³-hybridized carbons (Fsp3) is 0.826. The summed E-state index contributed by atoms with van der Waals surface area (Å²) in [5.74, 6) is 5.96. The van der Waals surface area contributed by atoms with E-state index in [-0.39, 0.29) is 17.4 Å². The molecule has 4 aliphatic rings. The molecule has 0 aromatic carbocycles. The van der Waals surface area contributed by atoms with Gasteiger partial charge in [-0.3, -0.25) is 0 Å². The summed E-state index contributed by atoms with van der Waals surface area (Å²) in [5.41, 5.74) is 2.10. The molecular weight excluding hydrogens is 308 g/mol. The first-order valence-electron chi connectivity index (χ1n) is 10.3. The second kappa shape index (κ2) is 5.61. The summed E-state index contributed by atoms with van der Waals surface area (Å²) in [4.78, 5) is 0. The van der Waals surface area contributed by atoms with E-state index in [0.717, 1.165) is 38.5 Å². The highest BCUT2D eigenvalue weighted by atomic mass is 16.3. The predicted octanol–water partition coefficient (Wildman–Crippen LogP) is 4.17. The zero-order valence-corrected chi connectivity index (χ0v) is 16.3. The molecule has 0 bridgehead atoms. The Bertz CT molecular complexity index is 643. The van der Waals surface area contributed by atoms with E-state index in [0.29, 0.717) is 29.6 Å². The van der Waals surface area contributed by atoms with Gasteiger partial charge >= 0.3 is 0 Å². The smallest absolute Gasteiger partial charge is 0.133 e. The van der Waals surface area contributed by atoms with Crippen LogP contribution in [0.4, 0.5) is 0 Å². The Morgan fingerprint density at radius 1 is 1.16 bits per heavy atom. The van der Waals surface area contributed by atoms with Crippen molar-refractivity contribution in [1.82, 2.24) is 0 Å². The first-order chi connectivity index (χ1) is 11.7. The molecule has 2 nitrogen and oxygen atoms in total. The Balaban J connectivity index is 1.78. The van der Waals surface area contributed by atoms with Crippen molar-refractivity contribution in [2.75, 3.05) is 0 Å². The summed E-state index contributed by atoms with van der Waals surface area (Å²) < 4.78 is 0. The maximum atomic E-state index is 11.4. The second-order valence-electron chi connectivity index (χ2n) is 10.1. The van der Waals surface area contributed by atoms with Crippen molar-refractivity contribution in [3.05, 3.63) is 11.1 Å². The number of aliphatic hydroxyl groups is 2. The van der Waals surface area contributed by atoms with Gasteiger partial charge in [-0.1, -0.05) is 44.8 Å². The minimum Gasteiger partial charge on any atom is -0.393 e. The molecule has 0 aromatic rings. The SMILES string of the molecule is C#C[C@]1(O)[C@H](C)CC2C3C(C4=C(C[C@@H](O)CC4)C[C@H]3C)[C@@H](C)C[C@@]21C. The third-order valence-corrected chi connectivity index (χ3v) is 8.78. The molecule has 2 fully saturated rings. The van der Waals surface area contributed by atoms with Crippen molar-refractivity contribution in [2.24, 2.45) is 40.9 Å². The maximum Gasteiger partial charge on any atom is 0.133 e. The van der Waals surface area contributed by atoms with E-state index >= 15 is 0 Å². The molecule has 0 saturated heterocycles. The van der Waals surface area contributed by atoms with Crippen LogP contribution in [0.1, 0.15) is 66.2 Å². The van der Waals surface area contributed by atoms with Crippen LogP contribution in [0.3, 0.4) is 0 Å². The minimum absolute atomic E-state index is 0.135. The summed E-state index contributed by atoms with van der Waals surface area (Å²) in [7, 11) is 0. The van der Waals surface area contributed by atoms with Crippen molar-refractivity contribution in [1.29, 1.82) is 0 Å². The first kappa shape index (κ1) is 17.6. The summed E-state index contributed by atoms with van der Waals surface area (Å²) >= 11 is 0. The lowest BCUT2D eigenvalue weighted by Gasteiger charge is -2.58. The molecule has 0 amide bonds. The van der Waals surface area contributed by atoms with Gasteiger partial charge in [0, 0.05) is 5.41 Å². The predicted molar refractivity (Wildman–Crippen MR) is 101 cm³/mol. The minimum atomic E-state index is -0.964. The van der Waals surface area contributed by atoms with Gasteiger partial charge in [0.25, 0.3) is 0 Å². The lowest BCUT2D eigenvalue weighted by molar-refractivity contribution is -0.108. The van der Waals surface area contributed by atoms with E-state index in [1.165, 1.54) is 0 Å². The van der Waals surface area contributed by atoms with Gasteiger partial charge in [0.05, 0.1) is 6.10 Å². The van der Waals surface area contributed by atoms with Crippen LogP contribution in [0, 0.1) is 53.3 Å². The quantitative estimate of drug-likeness (QED) is 0.512. The van der Waals surface area contributed by atoms with Crippen LogP contribution in [0.5, 0.6) is 0 Å². The Kier molecular flexibility index (Phi) is 3.95. The van der Waals surface area contributed by atoms with Gasteiger partial charge in [-0.05, 0) is 74.0 Å². The molecule has 9 atom stereocenters. The molecule has 3 unspecified atom stereocenters. The van der Waals surface area contributed by atoms with Crippen LogP contribution >= 0.6 is 0 Å². The summed E-state index contributed by atoms with van der Waals surface area (Å²) in [6.45, 7) is 9.21. The molecule has 25 heavy (non-hydrogen) atoms. The number of fused-ring (bicyclic) bond motifs is 4. The summed E-state index contributed by atoms with van der Waals surface area (Å²) in [6.07, 6.45) is 11.9. The van der Waals surface area contributed by atoms with Gasteiger partial charge in [0.1, 0.15) is 5.60 Å². The normalized spacial score (nSPS) is 55.2. The number of rotatable bonds is 0. The Morgan fingerprint density at radius 2 is 1.88 bits per heavy atom. The molecule has 2 saturated carbocycles. The standard InChI is InChI=1S/C23H34O2/c1-6-23(25)15(4)10-19-21-13(2)9-16-11-17(24)7-8-18(16)20(21)14(3)12-22(19,23)5/h1,13-15,17,19-21,24-25H,7-12H2,2-5H3/t13-,14+,15-,17+,19?,20?,21?,22+,23+/m1/s1. The highest BCUT2D eigenvalue weighted by molar-refractivity contribution is 5.32. The molecule has 0 radical (unpaired) electrons. The lowest BCUT2D eigenvalue weighted by atomic mass is 9.47. The van der Waals surface area contributed by atoms with E-state index in [1.807, 2.05) is 0 Å². The third kappa shape index (κ3) is 2.18. The summed E-state index contributed by atoms with van der Waals surface area (Å²) in [5, 5.41) is 21.5. The van der Waals surface area contributed by atoms with Gasteiger partial charge in [-0.2, -0.15) is 0 Å². The van der Waals surface area contributed by atoms with Crippen molar-refractivity contribution >= 4 is 0 Å². The van der Waals surface area contributed by atoms with Crippen molar-refractivity contribution in [3.63, 3.8) is 0 Å². The molecular formula is C23H34O2. The summed E-state index contributed by atoms with van der Waals surface area (Å²) in [6, 6.07) is 0. The van der Waals surface area contributed by atoms with Crippen LogP contribution < -0.4 is 0 Å². The van der Waals surface area contributed by atoms with Crippen molar-refractivity contribution < 1.29 is 10.2 Å². The van der Waals surface area contributed by atoms with Crippen LogP contribution in [0.25, 0.3) is 0 Å². The molecule has 4 rings (SSSR count). The third-order valence-electron chi connectivity index (χ3n) is 8.78. The largest absolute Gasteiger partial charge is 0.393 e. The van der Waals surface area contributed by atoms with Gasteiger partial charge in [-0.25, -0.2) is 0 Å². The van der Waals surface area contributed by atoms with Gasteiger partial charge in [0.2, 0.25) is 0 Å². The average molecular weight is 343 g/mol. The molecule has 2 heteroatoms. The fourth-order valence-corrected chi connectivity index (χ4v) is 7.76. The van der Waals surface area contributed by atoms with E-state index < -0.39 is 5.60 Å². The van der Waals surface area contributed by atoms with Crippen LogP contribution in [-0.4, -0.2) is 21.9 Å². The van der Waals surface area contributed by atoms with Crippen LogP contribution in [0.2, 0.25) is 0 Å². The molecule has 0 aliphatic heterocycles. The van der Waals surface area contributed by atoms with Crippen molar-refractivity contribution in [2.45, 2.75) is 77.9 Å². The number of aliphatic hydroxyl groups excluding tert-OH is 1. The molecule has 4 aliphatic carbocycles. The van der Waals surface area contributed by atoms with Gasteiger partial charge in [-0.15, -0.1) is 6.42 Å². The second-order valence-corrected chi connectivity index (χ2v) is 10.1. The Hall–Kier alpha value is -0.780. The highest BCUT2D eigenvalue weighted by Gasteiger charge is 2.66. The zero-order valence-electron chi connectivity index (χ0n) is 16.3. The van der Waals surface area contributed by atoms with E-state index in [1.54, 1.807) is 11.1 Å². The molecule has 0 spiro atoms. The number of hydrogen-bond donors (Lipinski definition) is 2. The zero-order chi connectivity index (χ0) is 18.1. The number of allylic oxidation sites excluding steroid dienone is 1. The molecule has 0 heterocycles. The van der Waals surface area contributed by atoms with Crippen LogP contribution in [0.15, 0.2) is 11.1 Å². The Morgan fingerprint density at radius 3 is 2.56 bits per heavy atom. The topological polar surface area (TPSA) is 40.5 Å². The van der Waals surface area contributed by atoms with E-state index in [2.05, 4.69) is 33.6 Å². The number of terminal acetylenes is 1. The number of hydrogen-bond acceptors (Lipinski definition) is 2. The fourth-order valence-electron chi connectivity index (χ4n) is 7.76. The van der Waals surface area contributed by atoms with E-state index in [9.17, 15) is 10.2 Å². The van der Waals surface area contributed by atoms with E-state index in [4.69, 9.17) is 6.42 Å². The monoisotopic (exact) mass is 342 g/mol. The molecule has 2 N–H and O–H groups in total. The van der Waals surface area contributed by atoms with Gasteiger partial charge < -0.3 is 10.2 Å². The van der Waals surface area contributed by atoms with Crippen molar-refractivity contribution in [3.8, 4) is 12.3 Å². The maximum absolute atomic E-state index is 11.4. The molecule has 0 aromatic heterocycles. The average Bonchev–Trinajstić information content (AvgIpc) is 2.75. The lowest BCUT2D eigenvalue weighted by Crippen LogP contribution is -2.55. The van der Waals surface area contributed by atoms with Crippen LogP contribution in [-0.2, 0) is 0 Å². The Labute approximate surface area is 153 Å².